The Balaban J connectivity index is 1.62. The van der Waals surface area contributed by atoms with E-state index in [0.717, 1.165) is 31.4 Å². The first kappa shape index (κ1) is 15.1. The van der Waals surface area contributed by atoms with Gasteiger partial charge in [0.2, 0.25) is 5.91 Å². The molecule has 2 fully saturated rings. The summed E-state index contributed by atoms with van der Waals surface area (Å²) < 4.78 is 0. The molecule has 1 saturated heterocycles. The van der Waals surface area contributed by atoms with E-state index in [2.05, 4.69) is 17.6 Å². The molecule has 2 N–H and O–H groups in total. The van der Waals surface area contributed by atoms with E-state index in [1.165, 1.54) is 0 Å². The summed E-state index contributed by atoms with van der Waals surface area (Å²) in [6.45, 7) is 3.17. The molecule has 114 valence electrons. The van der Waals surface area contributed by atoms with E-state index in [1.807, 2.05) is 12.1 Å². The van der Waals surface area contributed by atoms with Gasteiger partial charge in [-0.3, -0.25) is 4.79 Å². The Hall–Kier alpha value is -0.770. The summed E-state index contributed by atoms with van der Waals surface area (Å²) in [5.74, 6) is 0.398. The van der Waals surface area contributed by atoms with Crippen LogP contribution >= 0.6 is 23.2 Å². The second-order valence-corrected chi connectivity index (χ2v) is 6.88. The standard InChI is InChI=1S/C16H20Cl2N2O/c1-9-14(6-3-7-19-9)20-16(21)12-8-11(12)10-4-2-5-13(17)15(10)18/h2,4-5,9,11-12,14,19H,3,6-8H2,1H3,(H,20,21). The molecule has 0 radical (unpaired) electrons. The van der Waals surface area contributed by atoms with E-state index >= 15 is 0 Å². The highest BCUT2D eigenvalue weighted by molar-refractivity contribution is 6.42. The summed E-state index contributed by atoms with van der Waals surface area (Å²) >= 11 is 12.3. The molecular formula is C16H20Cl2N2O. The SMILES string of the molecule is CC1NCCCC1NC(=O)C1CC1c1cccc(Cl)c1Cl. The van der Waals surface area contributed by atoms with Crippen molar-refractivity contribution in [3.05, 3.63) is 33.8 Å². The van der Waals surface area contributed by atoms with Crippen molar-refractivity contribution in [2.24, 2.45) is 5.92 Å². The van der Waals surface area contributed by atoms with Crippen LogP contribution in [0.25, 0.3) is 0 Å². The largest absolute Gasteiger partial charge is 0.352 e. The van der Waals surface area contributed by atoms with Crippen LogP contribution in [0.1, 0.15) is 37.7 Å². The summed E-state index contributed by atoms with van der Waals surface area (Å²) in [4.78, 5) is 12.4. The molecule has 1 saturated carbocycles. The van der Waals surface area contributed by atoms with Gasteiger partial charge in [-0.1, -0.05) is 35.3 Å². The molecule has 0 bridgehead atoms. The highest BCUT2D eigenvalue weighted by Crippen LogP contribution is 2.50. The molecule has 3 rings (SSSR count). The Morgan fingerprint density at radius 1 is 1.38 bits per heavy atom. The number of piperidine rings is 1. The Bertz CT molecular complexity index is 549. The zero-order valence-electron chi connectivity index (χ0n) is 12.0. The fourth-order valence-corrected chi connectivity index (χ4v) is 3.61. The lowest BCUT2D eigenvalue weighted by atomic mass is 9.99. The van der Waals surface area contributed by atoms with Crippen LogP contribution in [-0.2, 0) is 4.79 Å². The van der Waals surface area contributed by atoms with Crippen LogP contribution in [0.15, 0.2) is 18.2 Å². The minimum Gasteiger partial charge on any atom is -0.352 e. The molecule has 5 heteroatoms. The van der Waals surface area contributed by atoms with Crippen LogP contribution in [0, 0.1) is 5.92 Å². The van der Waals surface area contributed by atoms with Gasteiger partial charge in [0.1, 0.15) is 0 Å². The molecule has 3 nitrogen and oxygen atoms in total. The van der Waals surface area contributed by atoms with Crippen LogP contribution in [0.2, 0.25) is 10.0 Å². The summed E-state index contributed by atoms with van der Waals surface area (Å²) in [7, 11) is 0. The molecular weight excluding hydrogens is 307 g/mol. The summed E-state index contributed by atoms with van der Waals surface area (Å²) in [6.07, 6.45) is 3.03. The van der Waals surface area contributed by atoms with E-state index in [0.29, 0.717) is 16.1 Å². The highest BCUT2D eigenvalue weighted by Gasteiger charge is 2.45. The third-order valence-electron chi connectivity index (χ3n) is 4.60. The molecule has 1 aromatic carbocycles. The first-order chi connectivity index (χ1) is 10.1. The molecule has 4 unspecified atom stereocenters. The summed E-state index contributed by atoms with van der Waals surface area (Å²) in [6, 6.07) is 6.22. The fourth-order valence-electron chi connectivity index (χ4n) is 3.17. The maximum Gasteiger partial charge on any atom is 0.224 e. The van der Waals surface area contributed by atoms with Gasteiger partial charge in [0.05, 0.1) is 10.0 Å². The Kier molecular flexibility index (Phi) is 4.43. The lowest BCUT2D eigenvalue weighted by Gasteiger charge is -2.30. The van der Waals surface area contributed by atoms with Gasteiger partial charge >= 0.3 is 0 Å². The number of hydrogen-bond acceptors (Lipinski definition) is 2. The van der Waals surface area contributed by atoms with Crippen molar-refractivity contribution < 1.29 is 4.79 Å². The third kappa shape index (κ3) is 3.20. The Morgan fingerprint density at radius 3 is 2.95 bits per heavy atom. The summed E-state index contributed by atoms with van der Waals surface area (Å²) in [5.41, 5.74) is 0.999. The average Bonchev–Trinajstić information content (AvgIpc) is 3.25. The molecule has 21 heavy (non-hydrogen) atoms. The molecule has 0 spiro atoms. The molecule has 0 aromatic heterocycles. The van der Waals surface area contributed by atoms with Crippen LogP contribution in [0.5, 0.6) is 0 Å². The first-order valence-electron chi connectivity index (χ1n) is 7.55. The Labute approximate surface area is 135 Å². The van der Waals surface area contributed by atoms with Gasteiger partial charge < -0.3 is 10.6 Å². The van der Waals surface area contributed by atoms with Crippen LogP contribution in [-0.4, -0.2) is 24.5 Å². The number of rotatable bonds is 3. The van der Waals surface area contributed by atoms with Gasteiger partial charge in [0, 0.05) is 18.0 Å². The first-order valence-corrected chi connectivity index (χ1v) is 8.31. The molecule has 1 aliphatic heterocycles. The predicted octanol–water partition coefficient (Wildman–Crippen LogP) is 3.35. The van der Waals surface area contributed by atoms with E-state index in [4.69, 9.17) is 23.2 Å². The molecule has 1 aliphatic carbocycles. The quantitative estimate of drug-likeness (QED) is 0.894. The molecule has 1 aromatic rings. The van der Waals surface area contributed by atoms with Crippen molar-refractivity contribution in [1.29, 1.82) is 0 Å². The Morgan fingerprint density at radius 2 is 2.19 bits per heavy atom. The third-order valence-corrected chi connectivity index (χ3v) is 5.43. The zero-order valence-corrected chi connectivity index (χ0v) is 13.5. The lowest BCUT2D eigenvalue weighted by molar-refractivity contribution is -0.123. The number of benzene rings is 1. The second-order valence-electron chi connectivity index (χ2n) is 6.09. The smallest absolute Gasteiger partial charge is 0.224 e. The number of halogens is 2. The van der Waals surface area contributed by atoms with E-state index < -0.39 is 0 Å². The number of amides is 1. The van der Waals surface area contributed by atoms with Gasteiger partial charge in [0.15, 0.2) is 0 Å². The van der Waals surface area contributed by atoms with Crippen LogP contribution < -0.4 is 10.6 Å². The molecule has 1 heterocycles. The molecule has 2 aliphatic rings. The normalized spacial score (nSPS) is 31.8. The minimum atomic E-state index is 0.0371. The van der Waals surface area contributed by atoms with Gasteiger partial charge in [-0.05, 0) is 50.3 Å². The van der Waals surface area contributed by atoms with Crippen LogP contribution in [0.3, 0.4) is 0 Å². The second kappa shape index (κ2) is 6.15. The van der Waals surface area contributed by atoms with Gasteiger partial charge in [-0.2, -0.15) is 0 Å². The number of carbonyl (C=O) groups excluding carboxylic acids is 1. The van der Waals surface area contributed by atoms with Gasteiger partial charge in [-0.25, -0.2) is 0 Å². The molecule has 1 amide bonds. The van der Waals surface area contributed by atoms with Crippen molar-refractivity contribution in [1.82, 2.24) is 10.6 Å². The lowest BCUT2D eigenvalue weighted by Crippen LogP contribution is -2.52. The topological polar surface area (TPSA) is 41.1 Å². The van der Waals surface area contributed by atoms with Crippen LogP contribution in [0.4, 0.5) is 0 Å². The maximum absolute atomic E-state index is 12.4. The van der Waals surface area contributed by atoms with Crippen molar-refractivity contribution in [3.63, 3.8) is 0 Å². The van der Waals surface area contributed by atoms with E-state index in [9.17, 15) is 4.79 Å². The summed E-state index contributed by atoms with van der Waals surface area (Å²) in [5, 5.41) is 7.74. The maximum atomic E-state index is 12.4. The number of nitrogens with one attached hydrogen (secondary N) is 2. The van der Waals surface area contributed by atoms with E-state index in [-0.39, 0.29) is 23.8 Å². The van der Waals surface area contributed by atoms with Gasteiger partial charge in [-0.15, -0.1) is 0 Å². The highest BCUT2D eigenvalue weighted by atomic mass is 35.5. The van der Waals surface area contributed by atoms with Crippen molar-refractivity contribution >= 4 is 29.1 Å². The number of carbonyl (C=O) groups is 1. The number of hydrogen-bond donors (Lipinski definition) is 2. The van der Waals surface area contributed by atoms with Crippen molar-refractivity contribution in [2.45, 2.75) is 44.2 Å². The van der Waals surface area contributed by atoms with Gasteiger partial charge in [0.25, 0.3) is 0 Å². The van der Waals surface area contributed by atoms with E-state index in [1.54, 1.807) is 6.07 Å². The van der Waals surface area contributed by atoms with Crippen molar-refractivity contribution in [3.8, 4) is 0 Å². The van der Waals surface area contributed by atoms with Crippen molar-refractivity contribution in [2.75, 3.05) is 6.54 Å². The minimum absolute atomic E-state index is 0.0371. The monoisotopic (exact) mass is 326 g/mol. The predicted molar refractivity (Wildman–Crippen MR) is 85.9 cm³/mol. The zero-order chi connectivity index (χ0) is 15.0. The average molecular weight is 327 g/mol. The fraction of sp³-hybridized carbons (Fsp3) is 0.562. The molecule has 4 atom stereocenters.